The van der Waals surface area contributed by atoms with Crippen molar-refractivity contribution in [3.8, 4) is 0 Å². The number of ether oxygens (including phenoxy) is 18. The maximum atomic E-state index is 12.2. The first-order chi connectivity index (χ1) is 52.1. The van der Waals surface area contributed by atoms with Gasteiger partial charge in [-0.3, -0.25) is 62.3 Å². The Balaban J connectivity index is 0.000000400. The van der Waals surface area contributed by atoms with E-state index in [0.29, 0.717) is 12.8 Å². The molecule has 5 aliphatic rings. The van der Waals surface area contributed by atoms with Gasteiger partial charge >= 0.3 is 77.6 Å². The standard InChI is InChI=1S/C26H38O14S.C18H25NO5S2.C16H27NO7S.C13H22O5S/c1-9-18-11(2)20(34-13(4)28)23(37-16(7)31)25(39-18)41-26-24(38-17(8)32)22(36-15(6)30)21(35-14(5)29)19(40-26)10-33-12(3)27;1-6-14-11(3)16(22-12(4)20)17(23-13(5)21)18(24-14)26-25-15-8-7-10(2)9-19-15;1-6-12-8(2)13(22-9(3)18)14(23-10(4)19)16(24-12)25-7-11(17)15(20)21-5;1-6-10-7(2)11(16-8(3)14)12(17-9(4)15)13(18-10)19-5/h11,18-26H,9-10H2,1-8H3;7-9,11,14,16-18H,6H2,1-5H3;8,11-14,16H,6-7,17H2,1-5H3;7,10-13H,6H2,1-5H3/t11-,18-,19-,20+,21-,22+,23-,24-,25-,26+;11-,14-,16+,17-,18+;8-,11+,12-,13+,14-,16+;7-,10-,11+,12-,13-/m1111/s1. The molecular formula is C73H112N2O31S5. The van der Waals surface area contributed by atoms with Crippen molar-refractivity contribution in [1.29, 1.82) is 0 Å². The average molecular weight is 1670 g/mol. The fraction of sp³-hybridized carbons (Fsp3) is 0.753. The number of rotatable bonds is 27. The van der Waals surface area contributed by atoms with Gasteiger partial charge in [0.25, 0.3) is 0 Å². The smallest absolute Gasteiger partial charge is 0.323 e. The van der Waals surface area contributed by atoms with Crippen molar-refractivity contribution in [1.82, 2.24) is 4.98 Å². The largest absolute Gasteiger partial charge is 0.468 e. The van der Waals surface area contributed by atoms with Gasteiger partial charge in [0, 0.05) is 119 Å². The van der Waals surface area contributed by atoms with Crippen molar-refractivity contribution in [3.05, 3.63) is 23.9 Å². The predicted octanol–water partition coefficient (Wildman–Crippen LogP) is 8.04. The van der Waals surface area contributed by atoms with Crippen LogP contribution in [-0.4, -0.2) is 239 Å². The molecule has 0 aliphatic carbocycles. The van der Waals surface area contributed by atoms with Crippen LogP contribution in [0.25, 0.3) is 0 Å². The lowest BCUT2D eigenvalue weighted by Crippen LogP contribution is -2.63. The van der Waals surface area contributed by atoms with Crippen molar-refractivity contribution in [3.63, 3.8) is 0 Å². The lowest BCUT2D eigenvalue weighted by atomic mass is 9.89. The van der Waals surface area contributed by atoms with Crippen LogP contribution in [-0.2, 0) is 148 Å². The Hall–Kier alpha value is -6.23. The van der Waals surface area contributed by atoms with Gasteiger partial charge in [0.05, 0.1) is 31.5 Å². The van der Waals surface area contributed by atoms with Gasteiger partial charge in [-0.2, -0.15) is 0 Å². The maximum absolute atomic E-state index is 12.2. The monoisotopic (exact) mass is 1670 g/mol. The topological polar surface area (TPSA) is 427 Å². The maximum Gasteiger partial charge on any atom is 0.323 e. The Labute approximate surface area is 669 Å². The number of methoxy groups -OCH3 is 1. The Kier molecular flexibility index (Phi) is 43.6. The molecule has 0 bridgehead atoms. The summed E-state index contributed by atoms with van der Waals surface area (Å²) >= 11 is 3.61. The molecule has 5 aliphatic heterocycles. The molecular weight excluding hydrogens is 1560 g/mol. The summed E-state index contributed by atoms with van der Waals surface area (Å²) in [6, 6.07) is 3.09. The van der Waals surface area contributed by atoms with Crippen LogP contribution in [0.1, 0.15) is 170 Å². The first kappa shape index (κ1) is 99.0. The molecule has 6 rings (SSSR count). The Morgan fingerprint density at radius 1 is 0.405 bits per heavy atom. The van der Waals surface area contributed by atoms with Crippen LogP contribution in [0.3, 0.4) is 0 Å². The summed E-state index contributed by atoms with van der Waals surface area (Å²) in [5.41, 5.74) is 3.25. The number of nitrogens with two attached hydrogens (primary N) is 1. The fourth-order valence-corrected chi connectivity index (χ4v) is 18.3. The van der Waals surface area contributed by atoms with Crippen LogP contribution < -0.4 is 5.73 Å². The van der Waals surface area contributed by atoms with Gasteiger partial charge in [-0.05, 0) is 61.3 Å². The number of hydrogen-bond acceptors (Lipinski definition) is 38. The van der Waals surface area contributed by atoms with Crippen molar-refractivity contribution in [2.45, 2.75) is 307 Å². The number of hydrogen-bond donors (Lipinski definition) is 1. The number of pyridine rings is 1. The number of esters is 13. The lowest BCUT2D eigenvalue weighted by Gasteiger charge is -2.48. The molecule has 5 fully saturated rings. The normalized spacial score (nSPS) is 31.6. The van der Waals surface area contributed by atoms with Gasteiger partial charge in [0.1, 0.15) is 69.9 Å². The first-order valence-corrected chi connectivity index (χ1v) is 41.7. The highest BCUT2D eigenvalue weighted by Crippen LogP contribution is 2.46. The third-order valence-electron chi connectivity index (χ3n) is 17.6. The number of aromatic nitrogens is 1. The van der Waals surface area contributed by atoms with Crippen molar-refractivity contribution < 1.29 is 148 Å². The second-order valence-electron chi connectivity index (χ2n) is 26.6. The Morgan fingerprint density at radius 3 is 1.04 bits per heavy atom. The van der Waals surface area contributed by atoms with E-state index < -0.39 is 185 Å². The average Bonchev–Trinajstić information content (AvgIpc) is 0.773. The molecule has 26 atom stereocenters. The highest BCUT2D eigenvalue weighted by molar-refractivity contribution is 8.76. The van der Waals surface area contributed by atoms with Crippen molar-refractivity contribution in [2.75, 3.05) is 25.7 Å². The second kappa shape index (κ2) is 48.9. The molecule has 6 heterocycles. The summed E-state index contributed by atoms with van der Waals surface area (Å²) in [7, 11) is 4.13. The molecule has 1 aromatic rings. The summed E-state index contributed by atoms with van der Waals surface area (Å²) in [6.45, 7) is 32.0. The Morgan fingerprint density at radius 2 is 0.703 bits per heavy atom. The zero-order valence-corrected chi connectivity index (χ0v) is 71.3. The van der Waals surface area contributed by atoms with E-state index in [4.69, 9.17) is 86.3 Å². The lowest BCUT2D eigenvalue weighted by molar-refractivity contribution is -0.238. The van der Waals surface area contributed by atoms with Gasteiger partial charge in [-0.1, -0.05) is 84.0 Å². The molecule has 111 heavy (non-hydrogen) atoms. The van der Waals surface area contributed by atoms with Crippen LogP contribution in [0.4, 0.5) is 0 Å². The summed E-state index contributed by atoms with van der Waals surface area (Å²) in [6.07, 6.45) is -5.09. The second-order valence-corrected chi connectivity index (χ2v) is 32.2. The summed E-state index contributed by atoms with van der Waals surface area (Å²) < 4.78 is 100. The van der Waals surface area contributed by atoms with Crippen LogP contribution in [0.5, 0.6) is 0 Å². The third kappa shape index (κ3) is 32.2. The molecule has 0 amide bonds. The zero-order chi connectivity index (χ0) is 84.0. The van der Waals surface area contributed by atoms with Crippen LogP contribution >= 0.6 is 56.9 Å². The van der Waals surface area contributed by atoms with Gasteiger partial charge in [0.2, 0.25) is 0 Å². The van der Waals surface area contributed by atoms with E-state index in [2.05, 4.69) is 9.72 Å². The van der Waals surface area contributed by atoms with E-state index in [1.54, 1.807) is 13.1 Å². The van der Waals surface area contributed by atoms with Crippen LogP contribution in [0.15, 0.2) is 23.4 Å². The molecule has 0 spiro atoms. The molecule has 0 unspecified atom stereocenters. The minimum Gasteiger partial charge on any atom is -0.468 e. The number of aryl methyl sites for hydroxylation is 1. The molecule has 0 aromatic carbocycles. The first-order valence-electron chi connectivity index (χ1n) is 36.3. The van der Waals surface area contributed by atoms with E-state index >= 15 is 0 Å². The minimum atomic E-state index is -1.38. The van der Waals surface area contributed by atoms with Gasteiger partial charge in [-0.15, -0.1) is 23.5 Å². The fourth-order valence-electron chi connectivity index (χ4n) is 12.7. The van der Waals surface area contributed by atoms with E-state index in [1.807, 2.05) is 73.8 Å². The molecule has 38 heteroatoms. The zero-order valence-electron chi connectivity index (χ0n) is 67.2. The quantitative estimate of drug-likeness (QED) is 0.0494. The third-order valence-corrected chi connectivity index (χ3v) is 23.4. The van der Waals surface area contributed by atoms with Crippen molar-refractivity contribution >= 4 is 134 Å². The summed E-state index contributed by atoms with van der Waals surface area (Å²) in [5, 5.41) is 0.835. The molecule has 0 radical (unpaired) electrons. The van der Waals surface area contributed by atoms with E-state index in [1.165, 1.54) is 115 Å². The predicted molar refractivity (Wildman–Crippen MR) is 405 cm³/mol. The molecule has 1 aromatic heterocycles. The highest BCUT2D eigenvalue weighted by atomic mass is 33.1. The van der Waals surface area contributed by atoms with Gasteiger partial charge in [-0.25, -0.2) is 4.98 Å². The minimum absolute atomic E-state index is 0.00592. The summed E-state index contributed by atoms with van der Waals surface area (Å²) in [4.78, 5) is 156. The number of carbonyl (C=O) groups is 13. The van der Waals surface area contributed by atoms with E-state index in [9.17, 15) is 62.3 Å². The van der Waals surface area contributed by atoms with Crippen LogP contribution in [0.2, 0.25) is 0 Å². The molecule has 33 nitrogen and oxygen atoms in total. The summed E-state index contributed by atoms with van der Waals surface area (Å²) in [5.74, 6) is -7.68. The number of carbonyl (C=O) groups excluding carboxylic acids is 13. The van der Waals surface area contributed by atoms with Crippen LogP contribution in [0, 0.1) is 30.6 Å². The molecule has 2 N–H and O–H groups in total. The van der Waals surface area contributed by atoms with E-state index in [-0.39, 0.29) is 59.1 Å². The Bertz CT molecular complexity index is 3230. The van der Waals surface area contributed by atoms with Crippen molar-refractivity contribution in [2.24, 2.45) is 29.4 Å². The highest BCUT2D eigenvalue weighted by Gasteiger charge is 2.57. The molecule has 630 valence electrons. The van der Waals surface area contributed by atoms with Gasteiger partial charge < -0.3 is 91.0 Å². The van der Waals surface area contributed by atoms with Gasteiger partial charge in [0.15, 0.2) is 48.2 Å². The molecule has 5 saturated heterocycles. The number of nitrogens with zero attached hydrogens (tertiary/aromatic N) is 1. The number of thioether (sulfide) groups is 3. The van der Waals surface area contributed by atoms with E-state index in [0.717, 1.165) is 56.0 Å². The SMILES string of the molecule is CC[C@H]1O[C@@H](SC[C@H](N)C(=O)OC)[C@H](OC(C)=O)[C@@H](OC(C)=O)[C@@H]1C.CC[C@H]1O[C@@H](SSc2ccc(C)cn2)[C@H](OC(C)=O)[C@@H](OC(C)=O)[C@@H]1C.CC[C@H]1O[C@H](SC)[C@H](OC(C)=O)[C@@H](OC(C)=O)[C@@H]1C.CC[C@H]1O[C@H](S[C@@H]2O[C@H](COC(C)=O)[C@@H](OC(C)=O)[C@H](OC(C)=O)[C@H]2OC(C)=O)[C@H](OC(C)=O)[C@@H](OC(C)=O)[C@@H]1C. The molecule has 0 saturated carbocycles.